The molecule has 1 atom stereocenters. The van der Waals surface area contributed by atoms with Crippen molar-refractivity contribution in [2.75, 3.05) is 20.3 Å². The van der Waals surface area contributed by atoms with Crippen LogP contribution in [-0.2, 0) is 9.59 Å². The standard InChI is InChI=1S/C15H21NO5/c1-11(15(18)19)7-9-16-14(17)8-10-21-13-5-3-12(20-2)4-6-13/h3-6,11H,7-10H2,1-2H3,(H,16,17)(H,18,19). The van der Waals surface area contributed by atoms with Gasteiger partial charge in [0.25, 0.3) is 0 Å². The molecule has 0 radical (unpaired) electrons. The second-order valence-corrected chi connectivity index (χ2v) is 4.65. The SMILES string of the molecule is COc1ccc(OCCC(=O)NCCC(C)C(=O)O)cc1. The van der Waals surface area contributed by atoms with Crippen LogP contribution in [0.4, 0.5) is 0 Å². The summed E-state index contributed by atoms with van der Waals surface area (Å²) in [6.45, 7) is 2.24. The second-order valence-electron chi connectivity index (χ2n) is 4.65. The first-order valence-corrected chi connectivity index (χ1v) is 6.79. The fourth-order valence-electron chi connectivity index (χ4n) is 1.57. The van der Waals surface area contributed by atoms with Gasteiger partial charge in [-0.25, -0.2) is 0 Å². The number of carboxylic acid groups (broad SMARTS) is 1. The van der Waals surface area contributed by atoms with Crippen molar-refractivity contribution in [2.45, 2.75) is 19.8 Å². The minimum atomic E-state index is -0.855. The maximum Gasteiger partial charge on any atom is 0.306 e. The highest BCUT2D eigenvalue weighted by atomic mass is 16.5. The summed E-state index contributed by atoms with van der Waals surface area (Å²) in [5, 5.41) is 11.4. The first-order chi connectivity index (χ1) is 10.0. The maximum absolute atomic E-state index is 11.5. The number of carboxylic acids is 1. The zero-order chi connectivity index (χ0) is 15.7. The van der Waals surface area contributed by atoms with E-state index in [-0.39, 0.29) is 18.9 Å². The summed E-state index contributed by atoms with van der Waals surface area (Å²) in [4.78, 5) is 22.1. The van der Waals surface area contributed by atoms with Gasteiger partial charge in [0.2, 0.25) is 5.91 Å². The van der Waals surface area contributed by atoms with Crippen LogP contribution >= 0.6 is 0 Å². The van der Waals surface area contributed by atoms with Gasteiger partial charge in [0, 0.05) is 6.54 Å². The number of amides is 1. The van der Waals surface area contributed by atoms with Gasteiger partial charge in [-0.1, -0.05) is 6.92 Å². The van der Waals surface area contributed by atoms with Gasteiger partial charge in [0.15, 0.2) is 0 Å². The molecule has 0 fully saturated rings. The highest BCUT2D eigenvalue weighted by Crippen LogP contribution is 2.16. The molecule has 0 aliphatic heterocycles. The molecule has 21 heavy (non-hydrogen) atoms. The molecular formula is C15H21NO5. The van der Waals surface area contributed by atoms with Crippen LogP contribution in [-0.4, -0.2) is 37.2 Å². The molecule has 0 saturated heterocycles. The summed E-state index contributed by atoms with van der Waals surface area (Å²) in [5.74, 6) is -0.0511. The first kappa shape index (κ1) is 16.8. The van der Waals surface area contributed by atoms with Gasteiger partial charge in [0.1, 0.15) is 11.5 Å². The first-order valence-electron chi connectivity index (χ1n) is 6.79. The molecule has 6 heteroatoms. The van der Waals surface area contributed by atoms with Crippen LogP contribution in [0.15, 0.2) is 24.3 Å². The van der Waals surface area contributed by atoms with Crippen molar-refractivity contribution in [3.63, 3.8) is 0 Å². The topological polar surface area (TPSA) is 84.9 Å². The van der Waals surface area contributed by atoms with E-state index >= 15 is 0 Å². The van der Waals surface area contributed by atoms with Crippen LogP contribution in [0.1, 0.15) is 19.8 Å². The number of ether oxygens (including phenoxy) is 2. The van der Waals surface area contributed by atoms with E-state index in [9.17, 15) is 9.59 Å². The highest BCUT2D eigenvalue weighted by molar-refractivity contribution is 5.76. The Labute approximate surface area is 124 Å². The number of methoxy groups -OCH3 is 1. The third-order valence-electron chi connectivity index (χ3n) is 2.98. The van der Waals surface area contributed by atoms with Crippen LogP contribution in [0.25, 0.3) is 0 Å². The van der Waals surface area contributed by atoms with E-state index in [4.69, 9.17) is 14.6 Å². The van der Waals surface area contributed by atoms with E-state index in [1.165, 1.54) is 0 Å². The minimum absolute atomic E-state index is 0.152. The Hall–Kier alpha value is -2.24. The zero-order valence-electron chi connectivity index (χ0n) is 12.3. The molecule has 0 saturated carbocycles. The van der Waals surface area contributed by atoms with Gasteiger partial charge < -0.3 is 19.9 Å². The Morgan fingerprint density at radius 2 is 1.86 bits per heavy atom. The predicted octanol–water partition coefficient (Wildman–Crippen LogP) is 1.69. The summed E-state index contributed by atoms with van der Waals surface area (Å²) in [6, 6.07) is 7.10. The van der Waals surface area contributed by atoms with Crippen molar-refractivity contribution in [2.24, 2.45) is 5.92 Å². The molecule has 1 rings (SSSR count). The average Bonchev–Trinajstić information content (AvgIpc) is 2.47. The zero-order valence-corrected chi connectivity index (χ0v) is 12.3. The lowest BCUT2D eigenvalue weighted by Crippen LogP contribution is -2.28. The molecule has 2 N–H and O–H groups in total. The van der Waals surface area contributed by atoms with Gasteiger partial charge in [-0.15, -0.1) is 0 Å². The molecule has 0 bridgehead atoms. The molecule has 116 valence electrons. The number of benzene rings is 1. The highest BCUT2D eigenvalue weighted by Gasteiger charge is 2.10. The number of aliphatic carboxylic acids is 1. The fraction of sp³-hybridized carbons (Fsp3) is 0.467. The molecule has 0 spiro atoms. The van der Waals surface area contributed by atoms with Gasteiger partial charge in [-0.3, -0.25) is 9.59 Å². The van der Waals surface area contributed by atoms with Crippen LogP contribution in [0.5, 0.6) is 11.5 Å². The summed E-state index contributed by atoms with van der Waals surface area (Å²) < 4.78 is 10.5. The van der Waals surface area contributed by atoms with E-state index in [1.54, 1.807) is 38.3 Å². The normalized spacial score (nSPS) is 11.5. The van der Waals surface area contributed by atoms with Crippen LogP contribution in [0.3, 0.4) is 0 Å². The van der Waals surface area contributed by atoms with Crippen LogP contribution in [0, 0.1) is 5.92 Å². The minimum Gasteiger partial charge on any atom is -0.497 e. The molecular weight excluding hydrogens is 274 g/mol. The quantitative estimate of drug-likeness (QED) is 0.724. The third-order valence-corrected chi connectivity index (χ3v) is 2.98. The number of carbonyl (C=O) groups is 2. The number of nitrogens with one attached hydrogen (secondary N) is 1. The molecule has 1 aromatic carbocycles. The smallest absolute Gasteiger partial charge is 0.306 e. The molecule has 1 unspecified atom stereocenters. The fourth-order valence-corrected chi connectivity index (χ4v) is 1.57. The molecule has 1 aromatic rings. The molecule has 0 aliphatic carbocycles. The largest absolute Gasteiger partial charge is 0.497 e. The predicted molar refractivity (Wildman–Crippen MR) is 77.5 cm³/mol. The van der Waals surface area contributed by atoms with Crippen molar-refractivity contribution in [1.82, 2.24) is 5.32 Å². The Morgan fingerprint density at radius 3 is 2.43 bits per heavy atom. The Morgan fingerprint density at radius 1 is 1.24 bits per heavy atom. The number of hydrogen-bond donors (Lipinski definition) is 2. The summed E-state index contributed by atoms with van der Waals surface area (Å²) in [5.41, 5.74) is 0. The van der Waals surface area contributed by atoms with E-state index in [0.29, 0.717) is 18.7 Å². The lowest BCUT2D eigenvalue weighted by atomic mass is 10.1. The van der Waals surface area contributed by atoms with Crippen molar-refractivity contribution in [3.8, 4) is 11.5 Å². The molecule has 0 heterocycles. The van der Waals surface area contributed by atoms with Gasteiger partial charge in [0.05, 0.1) is 26.1 Å². The average molecular weight is 295 g/mol. The van der Waals surface area contributed by atoms with E-state index in [2.05, 4.69) is 5.32 Å². The van der Waals surface area contributed by atoms with Crippen molar-refractivity contribution in [3.05, 3.63) is 24.3 Å². The Bertz CT molecular complexity index is 458. The number of hydrogen-bond acceptors (Lipinski definition) is 4. The number of rotatable bonds is 9. The molecule has 0 aromatic heterocycles. The summed E-state index contributed by atoms with van der Waals surface area (Å²) in [7, 11) is 1.59. The number of carbonyl (C=O) groups excluding carboxylic acids is 1. The molecule has 0 aliphatic rings. The summed E-state index contributed by atoms with van der Waals surface area (Å²) in [6.07, 6.45) is 0.647. The van der Waals surface area contributed by atoms with Crippen LogP contribution < -0.4 is 14.8 Å². The van der Waals surface area contributed by atoms with E-state index in [0.717, 1.165) is 5.75 Å². The monoisotopic (exact) mass is 295 g/mol. The Balaban J connectivity index is 2.16. The van der Waals surface area contributed by atoms with E-state index in [1.807, 2.05) is 0 Å². The third kappa shape index (κ3) is 6.65. The lowest BCUT2D eigenvalue weighted by Gasteiger charge is -2.09. The lowest BCUT2D eigenvalue weighted by molar-refractivity contribution is -0.141. The Kier molecular flexibility index (Phi) is 7.08. The van der Waals surface area contributed by atoms with Crippen molar-refractivity contribution >= 4 is 11.9 Å². The van der Waals surface area contributed by atoms with Gasteiger partial charge in [-0.05, 0) is 30.7 Å². The van der Waals surface area contributed by atoms with Crippen molar-refractivity contribution < 1.29 is 24.2 Å². The van der Waals surface area contributed by atoms with Crippen LogP contribution in [0.2, 0.25) is 0 Å². The van der Waals surface area contributed by atoms with Gasteiger partial charge in [-0.2, -0.15) is 0 Å². The van der Waals surface area contributed by atoms with Crippen molar-refractivity contribution in [1.29, 1.82) is 0 Å². The summed E-state index contributed by atoms with van der Waals surface area (Å²) >= 11 is 0. The second kappa shape index (κ2) is 8.84. The maximum atomic E-state index is 11.5. The van der Waals surface area contributed by atoms with E-state index < -0.39 is 11.9 Å². The molecule has 1 amide bonds. The molecule has 6 nitrogen and oxygen atoms in total. The van der Waals surface area contributed by atoms with Gasteiger partial charge >= 0.3 is 5.97 Å².